The summed E-state index contributed by atoms with van der Waals surface area (Å²) in [5, 5.41) is 0. The molecule has 1 aliphatic rings. The number of aromatic nitrogens is 1. The minimum absolute atomic E-state index is 0.00866. The van der Waals surface area contributed by atoms with Gasteiger partial charge in [0.25, 0.3) is 5.91 Å². The number of primary amides is 1. The number of pyridine rings is 1. The molecule has 2 amide bonds. The van der Waals surface area contributed by atoms with Crippen LogP contribution in [0.4, 0.5) is 0 Å². The van der Waals surface area contributed by atoms with Gasteiger partial charge in [0.15, 0.2) is 5.43 Å². The van der Waals surface area contributed by atoms with Crippen molar-refractivity contribution in [1.29, 1.82) is 0 Å². The lowest BCUT2D eigenvalue weighted by atomic mass is 10.1. The largest absolute Gasteiger partial charge is 0.377 e. The predicted molar refractivity (Wildman–Crippen MR) is 61.9 cm³/mol. The van der Waals surface area contributed by atoms with Crippen molar-refractivity contribution in [3.63, 3.8) is 0 Å². The van der Waals surface area contributed by atoms with Crippen molar-refractivity contribution in [2.24, 2.45) is 5.73 Å². The molecule has 3 N–H and O–H groups in total. The Bertz CT molecular complexity index is 525. The summed E-state index contributed by atoms with van der Waals surface area (Å²) < 4.78 is 5.11. The van der Waals surface area contributed by atoms with Crippen molar-refractivity contribution in [1.82, 2.24) is 9.88 Å². The number of aromatic amines is 1. The first-order chi connectivity index (χ1) is 8.61. The summed E-state index contributed by atoms with van der Waals surface area (Å²) in [6, 6.07) is 0.429. The van der Waals surface area contributed by atoms with Crippen molar-refractivity contribution < 1.29 is 14.3 Å². The minimum Gasteiger partial charge on any atom is -0.377 e. The van der Waals surface area contributed by atoms with Crippen molar-refractivity contribution in [3.05, 3.63) is 34.2 Å². The van der Waals surface area contributed by atoms with E-state index in [9.17, 15) is 14.4 Å². The number of H-pyrrole nitrogens is 1. The van der Waals surface area contributed by atoms with E-state index >= 15 is 0 Å². The number of ether oxygens (including phenoxy) is 1. The topological polar surface area (TPSA) is 105 Å². The Kier molecular flexibility index (Phi) is 3.42. The maximum atomic E-state index is 12.2. The van der Waals surface area contributed by atoms with Crippen molar-refractivity contribution in [3.8, 4) is 0 Å². The number of hydrogen-bond donors (Lipinski definition) is 2. The van der Waals surface area contributed by atoms with Gasteiger partial charge in [-0.15, -0.1) is 0 Å². The molecule has 0 aromatic carbocycles. The summed E-state index contributed by atoms with van der Waals surface area (Å²) in [7, 11) is 0. The number of nitrogens with one attached hydrogen (secondary N) is 1. The number of nitrogens with two attached hydrogens (primary N) is 1. The van der Waals surface area contributed by atoms with Gasteiger partial charge in [-0.2, -0.15) is 0 Å². The van der Waals surface area contributed by atoms with Gasteiger partial charge in [-0.3, -0.25) is 14.4 Å². The molecule has 1 fully saturated rings. The van der Waals surface area contributed by atoms with Crippen LogP contribution in [0.3, 0.4) is 0 Å². The molecule has 1 saturated heterocycles. The van der Waals surface area contributed by atoms with Crippen LogP contribution in [0.2, 0.25) is 0 Å². The Labute approximate surface area is 103 Å². The third-order valence-electron chi connectivity index (χ3n) is 2.77. The molecular weight excluding hydrogens is 238 g/mol. The smallest absolute Gasteiger partial charge is 0.260 e. The van der Waals surface area contributed by atoms with E-state index in [1.165, 1.54) is 23.4 Å². The second kappa shape index (κ2) is 5.01. The highest BCUT2D eigenvalue weighted by Crippen LogP contribution is 2.10. The third-order valence-corrected chi connectivity index (χ3v) is 2.77. The molecule has 2 rings (SSSR count). The quantitative estimate of drug-likeness (QED) is 0.681. The van der Waals surface area contributed by atoms with Crippen molar-refractivity contribution >= 4 is 11.8 Å². The van der Waals surface area contributed by atoms with Gasteiger partial charge in [0, 0.05) is 25.0 Å². The second-order valence-electron chi connectivity index (χ2n) is 3.91. The van der Waals surface area contributed by atoms with E-state index in [2.05, 4.69) is 4.98 Å². The number of amides is 2. The zero-order valence-electron chi connectivity index (χ0n) is 9.59. The average Bonchev–Trinajstić information content (AvgIpc) is 2.38. The number of morpholine rings is 1. The first kappa shape index (κ1) is 12.3. The molecule has 1 aliphatic heterocycles. The molecule has 7 heteroatoms. The molecule has 0 spiro atoms. The Morgan fingerprint density at radius 3 is 2.94 bits per heavy atom. The van der Waals surface area contributed by atoms with Gasteiger partial charge in [-0.05, 0) is 0 Å². The average molecular weight is 251 g/mol. The summed E-state index contributed by atoms with van der Waals surface area (Å²) in [5.74, 6) is -1.15. The van der Waals surface area contributed by atoms with Gasteiger partial charge < -0.3 is 20.4 Å². The van der Waals surface area contributed by atoms with Crippen LogP contribution in [-0.2, 0) is 9.53 Å². The summed E-state index contributed by atoms with van der Waals surface area (Å²) in [6.07, 6.45) is 2.75. The molecule has 1 atom stereocenters. The van der Waals surface area contributed by atoms with E-state index < -0.39 is 23.3 Å². The monoisotopic (exact) mass is 251 g/mol. The summed E-state index contributed by atoms with van der Waals surface area (Å²) in [6.45, 7) is 0.618. The lowest BCUT2D eigenvalue weighted by molar-refractivity contribution is -0.127. The van der Waals surface area contributed by atoms with Gasteiger partial charge in [0.05, 0.1) is 13.2 Å². The SMILES string of the molecule is NC(=O)C1COCCN1C(=O)c1c[nH]ccc1=O. The number of rotatable bonds is 2. The summed E-state index contributed by atoms with van der Waals surface area (Å²) in [5.41, 5.74) is 4.81. The van der Waals surface area contributed by atoms with Crippen LogP contribution in [-0.4, -0.2) is 47.5 Å². The van der Waals surface area contributed by atoms with E-state index in [1.54, 1.807) is 0 Å². The van der Waals surface area contributed by atoms with Crippen LogP contribution >= 0.6 is 0 Å². The van der Waals surface area contributed by atoms with E-state index in [-0.39, 0.29) is 18.7 Å². The maximum absolute atomic E-state index is 12.2. The summed E-state index contributed by atoms with van der Waals surface area (Å²) in [4.78, 5) is 38.9. The Morgan fingerprint density at radius 1 is 1.50 bits per heavy atom. The lowest BCUT2D eigenvalue weighted by Gasteiger charge is -2.33. The number of nitrogens with zero attached hydrogens (tertiary/aromatic N) is 1. The van der Waals surface area contributed by atoms with Crippen LogP contribution < -0.4 is 11.2 Å². The van der Waals surface area contributed by atoms with Gasteiger partial charge in [0.2, 0.25) is 5.91 Å². The van der Waals surface area contributed by atoms with Crippen molar-refractivity contribution in [2.45, 2.75) is 6.04 Å². The fraction of sp³-hybridized carbons (Fsp3) is 0.364. The zero-order valence-corrected chi connectivity index (χ0v) is 9.59. The summed E-state index contributed by atoms with van der Waals surface area (Å²) >= 11 is 0. The lowest BCUT2D eigenvalue weighted by Crippen LogP contribution is -2.55. The van der Waals surface area contributed by atoms with Gasteiger partial charge >= 0.3 is 0 Å². The normalized spacial score (nSPS) is 19.6. The molecule has 0 saturated carbocycles. The van der Waals surface area contributed by atoms with Gasteiger partial charge in [-0.1, -0.05) is 0 Å². The molecule has 0 bridgehead atoms. The highest BCUT2D eigenvalue weighted by atomic mass is 16.5. The van der Waals surface area contributed by atoms with Crippen LogP contribution in [0, 0.1) is 0 Å². The highest BCUT2D eigenvalue weighted by molar-refractivity contribution is 5.97. The van der Waals surface area contributed by atoms with E-state index in [0.29, 0.717) is 6.61 Å². The fourth-order valence-corrected chi connectivity index (χ4v) is 1.82. The number of carbonyl (C=O) groups is 2. The molecule has 2 heterocycles. The molecule has 96 valence electrons. The zero-order chi connectivity index (χ0) is 13.1. The molecule has 1 aromatic rings. The Morgan fingerprint density at radius 2 is 2.28 bits per heavy atom. The van der Waals surface area contributed by atoms with Crippen LogP contribution in [0.1, 0.15) is 10.4 Å². The Hall–Kier alpha value is -2.15. The van der Waals surface area contributed by atoms with Gasteiger partial charge in [-0.25, -0.2) is 0 Å². The molecular formula is C11H13N3O4. The van der Waals surface area contributed by atoms with E-state index in [4.69, 9.17) is 10.5 Å². The van der Waals surface area contributed by atoms with Crippen LogP contribution in [0.25, 0.3) is 0 Å². The fourth-order valence-electron chi connectivity index (χ4n) is 1.82. The van der Waals surface area contributed by atoms with Crippen LogP contribution in [0.5, 0.6) is 0 Å². The van der Waals surface area contributed by atoms with E-state index in [1.807, 2.05) is 0 Å². The molecule has 0 radical (unpaired) electrons. The molecule has 1 unspecified atom stereocenters. The number of carbonyl (C=O) groups excluding carboxylic acids is 2. The Balaban J connectivity index is 2.29. The number of hydrogen-bond acceptors (Lipinski definition) is 4. The molecule has 7 nitrogen and oxygen atoms in total. The first-order valence-corrected chi connectivity index (χ1v) is 5.46. The standard InChI is InChI=1S/C11H13N3O4/c12-10(16)8-6-18-4-3-14(8)11(17)7-5-13-2-1-9(7)15/h1-2,5,8H,3-4,6H2,(H2,12,16)(H,13,15). The predicted octanol–water partition coefficient (Wildman–Crippen LogP) is -1.30. The third kappa shape index (κ3) is 2.25. The highest BCUT2D eigenvalue weighted by Gasteiger charge is 2.32. The molecule has 18 heavy (non-hydrogen) atoms. The minimum atomic E-state index is -0.828. The van der Waals surface area contributed by atoms with Crippen molar-refractivity contribution in [2.75, 3.05) is 19.8 Å². The van der Waals surface area contributed by atoms with E-state index in [0.717, 1.165) is 0 Å². The molecule has 1 aromatic heterocycles. The van der Waals surface area contributed by atoms with Crippen LogP contribution in [0.15, 0.2) is 23.3 Å². The molecule has 0 aliphatic carbocycles. The second-order valence-corrected chi connectivity index (χ2v) is 3.91. The van der Waals surface area contributed by atoms with Gasteiger partial charge in [0.1, 0.15) is 11.6 Å². The maximum Gasteiger partial charge on any atom is 0.260 e. The first-order valence-electron chi connectivity index (χ1n) is 5.46.